The summed E-state index contributed by atoms with van der Waals surface area (Å²) in [5.74, 6) is 0.00852. The molecule has 2 rings (SSSR count). The number of ether oxygens (including phenoxy) is 1. The van der Waals surface area contributed by atoms with Gasteiger partial charge in [0.1, 0.15) is 0 Å². The summed E-state index contributed by atoms with van der Waals surface area (Å²) in [5.41, 5.74) is 6.66. The van der Waals surface area contributed by atoms with Gasteiger partial charge in [0.05, 0.1) is 6.10 Å². The van der Waals surface area contributed by atoms with Crippen LogP contribution in [0.3, 0.4) is 0 Å². The van der Waals surface area contributed by atoms with Crippen molar-refractivity contribution < 1.29 is 14.7 Å². The van der Waals surface area contributed by atoms with Gasteiger partial charge in [-0.2, -0.15) is 0 Å². The van der Waals surface area contributed by atoms with E-state index in [0.717, 1.165) is 6.42 Å². The molecule has 0 spiro atoms. The third-order valence-electron chi connectivity index (χ3n) is 3.27. The molecule has 0 aromatic heterocycles. The molecule has 1 unspecified atom stereocenters. The molecule has 0 saturated carbocycles. The Morgan fingerprint density at radius 2 is 2.05 bits per heavy atom. The lowest BCUT2D eigenvalue weighted by Gasteiger charge is -2.22. The molecular weight excluding hydrogens is 258 g/mol. The van der Waals surface area contributed by atoms with E-state index in [1.807, 2.05) is 6.92 Å². The minimum Gasteiger partial charge on any atom is -0.409 e. The summed E-state index contributed by atoms with van der Waals surface area (Å²) >= 11 is 0. The number of hydrogen-bond acceptors (Lipinski definition) is 4. The average Bonchev–Trinajstić information content (AvgIpc) is 2.70. The molecule has 1 amide bonds. The normalized spacial score (nSPS) is 20.6. The lowest BCUT2D eigenvalue weighted by atomic mass is 10.1. The minimum atomic E-state index is -0.0200. The molecule has 6 heteroatoms. The number of benzene rings is 1. The first-order valence-corrected chi connectivity index (χ1v) is 6.60. The van der Waals surface area contributed by atoms with Crippen molar-refractivity contribution in [1.82, 2.24) is 4.90 Å². The summed E-state index contributed by atoms with van der Waals surface area (Å²) in [6.45, 7) is 3.95. The average molecular weight is 277 g/mol. The van der Waals surface area contributed by atoms with Crippen molar-refractivity contribution in [3.05, 3.63) is 35.4 Å². The highest BCUT2D eigenvalue weighted by atomic mass is 16.5. The molecule has 3 N–H and O–H groups in total. The van der Waals surface area contributed by atoms with Crippen molar-refractivity contribution in [3.63, 3.8) is 0 Å². The third-order valence-corrected chi connectivity index (χ3v) is 3.27. The lowest BCUT2D eigenvalue weighted by molar-refractivity contribution is 0.0563. The van der Waals surface area contributed by atoms with Gasteiger partial charge in [-0.25, -0.2) is 0 Å². The van der Waals surface area contributed by atoms with Crippen molar-refractivity contribution in [3.8, 4) is 0 Å². The Kier molecular flexibility index (Phi) is 4.57. The molecule has 0 radical (unpaired) electrons. The fourth-order valence-electron chi connectivity index (χ4n) is 2.20. The lowest BCUT2D eigenvalue weighted by Crippen LogP contribution is -2.35. The molecule has 20 heavy (non-hydrogen) atoms. The predicted molar refractivity (Wildman–Crippen MR) is 74.9 cm³/mol. The van der Waals surface area contributed by atoms with Gasteiger partial charge in [0.2, 0.25) is 0 Å². The Hall–Kier alpha value is -2.08. The second-order valence-corrected chi connectivity index (χ2v) is 4.85. The number of carbonyl (C=O) groups excluding carboxylic acids is 1. The largest absolute Gasteiger partial charge is 0.409 e. The van der Waals surface area contributed by atoms with Crippen LogP contribution >= 0.6 is 0 Å². The quantitative estimate of drug-likeness (QED) is 0.366. The number of amidine groups is 1. The van der Waals surface area contributed by atoms with Crippen LogP contribution in [0, 0.1) is 0 Å². The fourth-order valence-corrected chi connectivity index (χ4v) is 2.20. The second kappa shape index (κ2) is 6.38. The number of nitrogens with two attached hydrogens (primary N) is 1. The molecule has 1 aromatic rings. The predicted octanol–water partition coefficient (Wildman–Crippen LogP) is 1.03. The highest BCUT2D eigenvalue weighted by Crippen LogP contribution is 2.12. The Morgan fingerprint density at radius 1 is 1.40 bits per heavy atom. The van der Waals surface area contributed by atoms with Crippen LogP contribution in [0.25, 0.3) is 0 Å². The standard InChI is InChI=1S/C14H19N3O3/c1-10-9-17(7-2-8-20-10)14(18)12-5-3-11(4-6-12)13(15)16-19/h3-6,10,19H,2,7-9H2,1H3,(H2,15,16). The maximum Gasteiger partial charge on any atom is 0.253 e. The summed E-state index contributed by atoms with van der Waals surface area (Å²) in [7, 11) is 0. The summed E-state index contributed by atoms with van der Waals surface area (Å²) in [5, 5.41) is 11.5. The maximum atomic E-state index is 12.4. The molecular formula is C14H19N3O3. The van der Waals surface area contributed by atoms with Gasteiger partial charge in [-0.3, -0.25) is 4.79 Å². The molecule has 108 valence electrons. The van der Waals surface area contributed by atoms with Gasteiger partial charge in [0.15, 0.2) is 5.84 Å². The van der Waals surface area contributed by atoms with Crippen LogP contribution in [0.2, 0.25) is 0 Å². The van der Waals surface area contributed by atoms with E-state index in [1.165, 1.54) is 0 Å². The molecule has 1 aliphatic heterocycles. The fraction of sp³-hybridized carbons (Fsp3) is 0.429. The van der Waals surface area contributed by atoms with Crippen LogP contribution in [0.15, 0.2) is 29.4 Å². The topological polar surface area (TPSA) is 88.2 Å². The number of nitrogens with zero attached hydrogens (tertiary/aromatic N) is 2. The molecule has 1 fully saturated rings. The van der Waals surface area contributed by atoms with Crippen molar-refractivity contribution in [2.45, 2.75) is 19.4 Å². The zero-order valence-electron chi connectivity index (χ0n) is 11.5. The molecule has 6 nitrogen and oxygen atoms in total. The summed E-state index contributed by atoms with van der Waals surface area (Å²) in [6, 6.07) is 6.71. The zero-order valence-corrected chi connectivity index (χ0v) is 11.5. The summed E-state index contributed by atoms with van der Waals surface area (Å²) in [6.07, 6.45) is 0.899. The first kappa shape index (κ1) is 14.3. The zero-order chi connectivity index (χ0) is 14.5. The smallest absolute Gasteiger partial charge is 0.253 e. The second-order valence-electron chi connectivity index (χ2n) is 4.85. The van der Waals surface area contributed by atoms with Gasteiger partial charge in [0.25, 0.3) is 5.91 Å². The third kappa shape index (κ3) is 3.27. The van der Waals surface area contributed by atoms with Gasteiger partial charge in [0, 0.05) is 30.8 Å². The summed E-state index contributed by atoms with van der Waals surface area (Å²) < 4.78 is 5.53. The molecule has 1 atom stereocenters. The van der Waals surface area contributed by atoms with Crippen molar-refractivity contribution in [1.29, 1.82) is 0 Å². The number of hydrogen-bond donors (Lipinski definition) is 2. The van der Waals surface area contributed by atoms with E-state index in [1.54, 1.807) is 29.2 Å². The van der Waals surface area contributed by atoms with E-state index < -0.39 is 0 Å². The van der Waals surface area contributed by atoms with Crippen LogP contribution in [0.5, 0.6) is 0 Å². The number of carbonyl (C=O) groups is 1. The Bertz CT molecular complexity index is 499. The monoisotopic (exact) mass is 277 g/mol. The van der Waals surface area contributed by atoms with E-state index >= 15 is 0 Å². The van der Waals surface area contributed by atoms with E-state index in [4.69, 9.17) is 15.7 Å². The van der Waals surface area contributed by atoms with Crippen molar-refractivity contribution in [2.24, 2.45) is 10.9 Å². The molecule has 0 bridgehead atoms. The van der Waals surface area contributed by atoms with Crippen LogP contribution < -0.4 is 5.73 Å². The summed E-state index contributed by atoms with van der Waals surface area (Å²) in [4.78, 5) is 14.2. The van der Waals surface area contributed by atoms with E-state index in [2.05, 4.69) is 5.16 Å². The van der Waals surface area contributed by atoms with E-state index in [-0.39, 0.29) is 17.8 Å². The van der Waals surface area contributed by atoms with Gasteiger partial charge >= 0.3 is 0 Å². The molecule has 1 aliphatic rings. The Balaban J connectivity index is 2.12. The highest BCUT2D eigenvalue weighted by molar-refractivity contribution is 5.99. The van der Waals surface area contributed by atoms with Crippen molar-refractivity contribution in [2.75, 3.05) is 19.7 Å². The van der Waals surface area contributed by atoms with E-state index in [9.17, 15) is 4.79 Å². The molecule has 1 heterocycles. The number of rotatable bonds is 2. The number of amides is 1. The van der Waals surface area contributed by atoms with Crippen molar-refractivity contribution >= 4 is 11.7 Å². The van der Waals surface area contributed by atoms with Crippen LogP contribution in [-0.2, 0) is 4.74 Å². The van der Waals surface area contributed by atoms with Crippen LogP contribution in [0.4, 0.5) is 0 Å². The van der Waals surface area contributed by atoms with Crippen LogP contribution in [-0.4, -0.2) is 47.7 Å². The maximum absolute atomic E-state index is 12.4. The first-order chi connectivity index (χ1) is 9.61. The first-order valence-electron chi connectivity index (χ1n) is 6.60. The van der Waals surface area contributed by atoms with Crippen LogP contribution in [0.1, 0.15) is 29.3 Å². The van der Waals surface area contributed by atoms with Gasteiger partial charge < -0.3 is 20.6 Å². The number of oxime groups is 1. The molecule has 1 aromatic carbocycles. The highest BCUT2D eigenvalue weighted by Gasteiger charge is 2.21. The van der Waals surface area contributed by atoms with Gasteiger partial charge in [-0.05, 0) is 25.5 Å². The molecule has 1 saturated heterocycles. The SMILES string of the molecule is CC1CN(C(=O)c2ccc(C(N)=NO)cc2)CCCO1. The van der Waals surface area contributed by atoms with E-state index in [0.29, 0.717) is 30.8 Å². The Labute approximate surface area is 117 Å². The Morgan fingerprint density at radius 3 is 2.70 bits per heavy atom. The van der Waals surface area contributed by atoms with Gasteiger partial charge in [-0.15, -0.1) is 0 Å². The minimum absolute atomic E-state index is 0.0200. The molecule has 0 aliphatic carbocycles. The van der Waals surface area contributed by atoms with Gasteiger partial charge in [-0.1, -0.05) is 17.3 Å².